The Bertz CT molecular complexity index is 378. The monoisotopic (exact) mass is 223 g/mol. The van der Waals surface area contributed by atoms with Gasteiger partial charge >= 0.3 is 5.97 Å². The van der Waals surface area contributed by atoms with Gasteiger partial charge in [-0.2, -0.15) is 0 Å². The van der Waals surface area contributed by atoms with Gasteiger partial charge in [-0.05, 0) is 30.5 Å². The third kappa shape index (κ3) is 2.73. The number of nitrogens with two attached hydrogens (primary N) is 1. The number of hydrogen-bond acceptors (Lipinski definition) is 4. The summed E-state index contributed by atoms with van der Waals surface area (Å²) in [5, 5.41) is 9.52. The van der Waals surface area contributed by atoms with E-state index in [9.17, 15) is 9.90 Å². The first-order valence-corrected chi connectivity index (χ1v) is 5.07. The fraction of sp³-hybridized carbons (Fsp3) is 0.417. The Morgan fingerprint density at radius 3 is 2.38 bits per heavy atom. The Morgan fingerprint density at radius 1 is 1.44 bits per heavy atom. The van der Waals surface area contributed by atoms with Gasteiger partial charge in [0.15, 0.2) is 6.10 Å². The molecule has 88 valence electrons. The summed E-state index contributed by atoms with van der Waals surface area (Å²) in [5.41, 5.74) is 9.34. The molecule has 4 nitrogen and oxygen atoms in total. The summed E-state index contributed by atoms with van der Waals surface area (Å²) < 4.78 is 4.45. The number of benzene rings is 1. The van der Waals surface area contributed by atoms with Crippen LogP contribution in [0, 0.1) is 13.8 Å². The van der Waals surface area contributed by atoms with Crippen LogP contribution in [0.3, 0.4) is 0 Å². The molecule has 1 aromatic rings. The molecule has 1 atom stereocenters. The van der Waals surface area contributed by atoms with Crippen molar-refractivity contribution in [3.8, 4) is 0 Å². The van der Waals surface area contributed by atoms with Crippen LogP contribution in [-0.2, 0) is 16.0 Å². The molecule has 0 saturated heterocycles. The second-order valence-corrected chi connectivity index (χ2v) is 3.89. The molecule has 0 aliphatic heterocycles. The highest BCUT2D eigenvalue weighted by molar-refractivity contribution is 5.74. The van der Waals surface area contributed by atoms with Crippen molar-refractivity contribution >= 4 is 11.7 Å². The molecule has 0 bridgehead atoms. The summed E-state index contributed by atoms with van der Waals surface area (Å²) in [6, 6.07) is 3.74. The number of carbonyl (C=O) groups excluding carboxylic acids is 1. The molecule has 0 radical (unpaired) electrons. The highest BCUT2D eigenvalue weighted by atomic mass is 16.5. The molecule has 0 spiro atoms. The minimum absolute atomic E-state index is 0.245. The quantitative estimate of drug-likeness (QED) is 0.591. The molecule has 0 aliphatic carbocycles. The number of aliphatic hydroxyl groups excluding tert-OH is 1. The van der Waals surface area contributed by atoms with Crippen molar-refractivity contribution in [1.82, 2.24) is 0 Å². The molecule has 0 unspecified atom stereocenters. The van der Waals surface area contributed by atoms with Gasteiger partial charge in [-0.15, -0.1) is 0 Å². The first-order valence-electron chi connectivity index (χ1n) is 5.07. The van der Waals surface area contributed by atoms with E-state index < -0.39 is 12.1 Å². The Hall–Kier alpha value is -1.55. The second kappa shape index (κ2) is 4.99. The molecule has 4 heteroatoms. The number of ether oxygens (including phenoxy) is 1. The van der Waals surface area contributed by atoms with E-state index in [4.69, 9.17) is 5.73 Å². The number of hydrogen-bond donors (Lipinski definition) is 2. The largest absolute Gasteiger partial charge is 0.467 e. The summed E-state index contributed by atoms with van der Waals surface area (Å²) in [7, 11) is 1.25. The van der Waals surface area contributed by atoms with Gasteiger partial charge in [0.1, 0.15) is 0 Å². The number of rotatable bonds is 3. The highest BCUT2D eigenvalue weighted by Gasteiger charge is 2.16. The van der Waals surface area contributed by atoms with Gasteiger partial charge in [-0.25, -0.2) is 4.79 Å². The molecule has 16 heavy (non-hydrogen) atoms. The molecule has 0 heterocycles. The topological polar surface area (TPSA) is 72.5 Å². The van der Waals surface area contributed by atoms with Crippen LogP contribution in [0.1, 0.15) is 16.7 Å². The van der Waals surface area contributed by atoms with Crippen LogP contribution >= 0.6 is 0 Å². The van der Waals surface area contributed by atoms with E-state index >= 15 is 0 Å². The van der Waals surface area contributed by atoms with Gasteiger partial charge in [0, 0.05) is 12.1 Å². The van der Waals surface area contributed by atoms with Gasteiger partial charge < -0.3 is 15.6 Å². The zero-order valence-corrected chi connectivity index (χ0v) is 9.78. The molecule has 0 amide bonds. The molecular formula is C12H17NO3. The Balaban J connectivity index is 2.86. The van der Waals surface area contributed by atoms with Crippen molar-refractivity contribution in [3.05, 3.63) is 28.8 Å². The van der Waals surface area contributed by atoms with Crippen LogP contribution in [0.2, 0.25) is 0 Å². The van der Waals surface area contributed by atoms with Crippen molar-refractivity contribution in [1.29, 1.82) is 0 Å². The van der Waals surface area contributed by atoms with Crippen molar-refractivity contribution in [3.63, 3.8) is 0 Å². The smallest absolute Gasteiger partial charge is 0.335 e. The number of nitrogen functional groups attached to an aromatic ring is 1. The summed E-state index contributed by atoms with van der Waals surface area (Å²) in [6.45, 7) is 3.80. The SMILES string of the molecule is COC(=O)[C@@H](O)Cc1cc(C)c(N)c(C)c1. The predicted octanol–water partition coefficient (Wildman–Crippen LogP) is 0.962. The van der Waals surface area contributed by atoms with Gasteiger partial charge in [-0.1, -0.05) is 12.1 Å². The third-order valence-electron chi connectivity index (χ3n) is 2.56. The minimum atomic E-state index is -1.12. The van der Waals surface area contributed by atoms with Crippen LogP contribution in [0.5, 0.6) is 0 Å². The van der Waals surface area contributed by atoms with E-state index in [1.807, 2.05) is 26.0 Å². The van der Waals surface area contributed by atoms with E-state index in [-0.39, 0.29) is 6.42 Å². The number of esters is 1. The third-order valence-corrected chi connectivity index (χ3v) is 2.56. The second-order valence-electron chi connectivity index (χ2n) is 3.89. The van der Waals surface area contributed by atoms with Gasteiger partial charge in [-0.3, -0.25) is 0 Å². The molecular weight excluding hydrogens is 206 g/mol. The molecule has 1 rings (SSSR count). The molecule has 0 aliphatic rings. The van der Waals surface area contributed by atoms with E-state index in [2.05, 4.69) is 4.74 Å². The predicted molar refractivity (Wildman–Crippen MR) is 62.1 cm³/mol. The number of anilines is 1. The standard InChI is InChI=1S/C12H17NO3/c1-7-4-9(5-8(2)11(7)13)6-10(14)12(15)16-3/h4-5,10,14H,6,13H2,1-3H3/t10-/m0/s1. The molecule has 3 N–H and O–H groups in total. The number of aryl methyl sites for hydroxylation is 2. The van der Waals surface area contributed by atoms with Crippen LogP contribution < -0.4 is 5.73 Å². The summed E-state index contributed by atoms with van der Waals surface area (Å²) in [4.78, 5) is 11.1. The fourth-order valence-corrected chi connectivity index (χ4v) is 1.62. The first-order chi connectivity index (χ1) is 7.45. The lowest BCUT2D eigenvalue weighted by atomic mass is 10.0. The number of carbonyl (C=O) groups is 1. The fourth-order valence-electron chi connectivity index (χ4n) is 1.62. The Labute approximate surface area is 95.0 Å². The van der Waals surface area contributed by atoms with E-state index in [1.54, 1.807) is 0 Å². The lowest BCUT2D eigenvalue weighted by Crippen LogP contribution is -2.24. The maximum atomic E-state index is 11.1. The zero-order valence-electron chi connectivity index (χ0n) is 9.78. The molecule has 0 saturated carbocycles. The number of aliphatic hydroxyl groups is 1. The summed E-state index contributed by atoms with van der Waals surface area (Å²) in [5.74, 6) is -0.618. The van der Waals surface area contributed by atoms with Crippen molar-refractivity contribution in [2.24, 2.45) is 0 Å². The van der Waals surface area contributed by atoms with Crippen LogP contribution in [0.4, 0.5) is 5.69 Å². The van der Waals surface area contributed by atoms with Crippen LogP contribution in [-0.4, -0.2) is 24.3 Å². The summed E-state index contributed by atoms with van der Waals surface area (Å²) in [6.07, 6.45) is -0.873. The van der Waals surface area contributed by atoms with E-state index in [0.29, 0.717) is 0 Å². The minimum Gasteiger partial charge on any atom is -0.467 e. The normalized spacial score (nSPS) is 12.2. The molecule has 1 aromatic carbocycles. The average molecular weight is 223 g/mol. The Morgan fingerprint density at radius 2 is 1.94 bits per heavy atom. The maximum Gasteiger partial charge on any atom is 0.335 e. The van der Waals surface area contributed by atoms with Gasteiger partial charge in [0.2, 0.25) is 0 Å². The number of methoxy groups -OCH3 is 1. The van der Waals surface area contributed by atoms with Crippen molar-refractivity contribution in [2.45, 2.75) is 26.4 Å². The van der Waals surface area contributed by atoms with Crippen LogP contribution in [0.25, 0.3) is 0 Å². The molecule has 0 aromatic heterocycles. The Kier molecular flexibility index (Phi) is 3.90. The van der Waals surface area contributed by atoms with Gasteiger partial charge in [0.25, 0.3) is 0 Å². The summed E-state index contributed by atoms with van der Waals surface area (Å²) >= 11 is 0. The van der Waals surface area contributed by atoms with Crippen molar-refractivity contribution < 1.29 is 14.6 Å². The van der Waals surface area contributed by atoms with Gasteiger partial charge in [0.05, 0.1) is 7.11 Å². The van der Waals surface area contributed by atoms with Crippen molar-refractivity contribution in [2.75, 3.05) is 12.8 Å². The maximum absolute atomic E-state index is 11.1. The lowest BCUT2D eigenvalue weighted by Gasteiger charge is -2.11. The highest BCUT2D eigenvalue weighted by Crippen LogP contribution is 2.19. The molecule has 0 fully saturated rings. The lowest BCUT2D eigenvalue weighted by molar-refractivity contribution is -0.150. The average Bonchev–Trinajstić information content (AvgIpc) is 2.24. The first kappa shape index (κ1) is 12.5. The van der Waals surface area contributed by atoms with E-state index in [1.165, 1.54) is 7.11 Å². The van der Waals surface area contributed by atoms with Crippen LogP contribution in [0.15, 0.2) is 12.1 Å². The van der Waals surface area contributed by atoms with E-state index in [0.717, 1.165) is 22.4 Å². The zero-order chi connectivity index (χ0) is 12.3.